The highest BCUT2D eigenvalue weighted by molar-refractivity contribution is 7.47. The van der Waals surface area contributed by atoms with Gasteiger partial charge in [0.1, 0.15) is 31.1 Å². The summed E-state index contributed by atoms with van der Waals surface area (Å²) in [6.45, 7) is 3.97. The Bertz CT molecular complexity index is 1650. The van der Waals surface area contributed by atoms with E-state index in [4.69, 9.17) is 64.9 Å². The number of phosphoric acid groups is 1. The summed E-state index contributed by atoms with van der Waals surface area (Å²) in [5.74, 6) is -1.04. The zero-order valence-corrected chi connectivity index (χ0v) is 41.8. The quantitative estimate of drug-likeness (QED) is 0.0237. The molecule has 0 fully saturated rings. The fraction of sp³-hybridized carbons (Fsp3) is 0.696. The number of azo groups is 1. The number of ether oxygens (including phenoxy) is 2. The summed E-state index contributed by atoms with van der Waals surface area (Å²) in [7, 11) is 1.29. The molecule has 0 spiro atoms. The minimum atomic E-state index is -4.47. The smallest absolute Gasteiger partial charge is 0.462 e. The molecule has 16 heteroatoms. The van der Waals surface area contributed by atoms with Gasteiger partial charge in [-0.05, 0) is 67.5 Å². The van der Waals surface area contributed by atoms with Crippen LogP contribution in [0.3, 0.4) is 0 Å². The third-order valence-corrected chi connectivity index (χ3v) is 12.4. The average molecular weight is 969 g/mol. The number of hydrogen-bond donors (Lipinski definition) is 1. The van der Waals surface area contributed by atoms with Crippen molar-refractivity contribution in [3.05, 3.63) is 55.5 Å². The fourth-order valence-corrected chi connectivity index (χ4v) is 8.50. The van der Waals surface area contributed by atoms with Crippen LogP contribution >= 0.6 is 54.2 Å². The second-order valence-corrected chi connectivity index (χ2v) is 20.2. The van der Waals surface area contributed by atoms with Gasteiger partial charge in [-0.1, -0.05) is 157 Å². The van der Waals surface area contributed by atoms with Gasteiger partial charge in [0.15, 0.2) is 6.10 Å². The van der Waals surface area contributed by atoms with E-state index < -0.39 is 32.5 Å². The van der Waals surface area contributed by atoms with Gasteiger partial charge < -0.3 is 18.9 Å². The van der Waals surface area contributed by atoms with Crippen molar-refractivity contribution in [3.8, 4) is 0 Å². The van der Waals surface area contributed by atoms with Crippen LogP contribution in [0.15, 0.2) is 34.5 Å². The number of nitrogens with zero attached hydrogens (tertiary/aromatic N) is 3. The molecule has 0 aromatic heterocycles. The van der Waals surface area contributed by atoms with E-state index in [-0.39, 0.29) is 41.8 Å². The van der Waals surface area contributed by atoms with E-state index in [1.54, 1.807) is 12.1 Å². The summed E-state index contributed by atoms with van der Waals surface area (Å²) in [5.41, 5.74) is 2.34. The first kappa shape index (κ1) is 56.3. The molecule has 1 unspecified atom stereocenters. The number of benzene rings is 2. The van der Waals surface area contributed by atoms with Crippen LogP contribution in [0.2, 0.25) is 20.1 Å². The molecule has 0 bridgehead atoms. The number of phosphoric ester groups is 1. The van der Waals surface area contributed by atoms with Crippen LogP contribution in [0.25, 0.3) is 0 Å². The average Bonchev–Trinajstić information content (AvgIpc) is 3.19. The lowest BCUT2D eigenvalue weighted by Gasteiger charge is -2.24. The molecule has 2 aromatic carbocycles. The molecule has 0 aliphatic rings. The molecular formula is C46H73Cl4N3O8P+. The number of quaternary nitrogens is 1. The molecule has 2 atom stereocenters. The molecule has 0 aliphatic heterocycles. The SMILES string of the molecule is CCCCCCCCCCCCCCCCCC(=O)OC[C@H](COP(=O)(O)OCC[N+](C)(C)C)OC(=O)CCCc1cc(Cl)c(N=Nc2c(Cl)cc(CCCC)cc2Cl)c(Cl)c1. The third kappa shape index (κ3) is 26.2. The minimum Gasteiger partial charge on any atom is -0.462 e. The minimum absolute atomic E-state index is 0.0116. The summed E-state index contributed by atoms with van der Waals surface area (Å²) in [5, 5.41) is 9.73. The van der Waals surface area contributed by atoms with Crippen molar-refractivity contribution < 1.29 is 42.1 Å². The number of carbonyl (C=O) groups excluding carboxylic acids is 2. The highest BCUT2D eigenvalue weighted by Crippen LogP contribution is 2.43. The van der Waals surface area contributed by atoms with Crippen molar-refractivity contribution in [1.29, 1.82) is 0 Å². The Morgan fingerprint density at radius 2 is 1.03 bits per heavy atom. The fourth-order valence-electron chi connectivity index (χ4n) is 6.54. The Morgan fingerprint density at radius 1 is 0.613 bits per heavy atom. The van der Waals surface area contributed by atoms with E-state index in [0.717, 1.165) is 49.7 Å². The first-order valence-corrected chi connectivity index (χ1v) is 25.7. The van der Waals surface area contributed by atoms with Crippen LogP contribution in [0, 0.1) is 0 Å². The maximum absolute atomic E-state index is 13.0. The second kappa shape index (κ2) is 32.0. The Labute approximate surface area is 392 Å². The molecule has 0 amide bonds. The number of hydrogen-bond acceptors (Lipinski definition) is 9. The van der Waals surface area contributed by atoms with Crippen molar-refractivity contribution in [3.63, 3.8) is 0 Å². The third-order valence-electron chi connectivity index (χ3n) is 10.2. The van der Waals surface area contributed by atoms with Crippen LogP contribution < -0.4 is 0 Å². The maximum atomic E-state index is 13.0. The molecule has 0 saturated heterocycles. The number of unbranched alkanes of at least 4 members (excludes halogenated alkanes) is 15. The molecule has 2 rings (SSSR count). The molecular weight excluding hydrogens is 895 g/mol. The molecule has 2 aromatic rings. The largest absolute Gasteiger partial charge is 0.472 e. The molecule has 352 valence electrons. The lowest BCUT2D eigenvalue weighted by atomic mass is 10.0. The second-order valence-electron chi connectivity index (χ2n) is 17.1. The number of rotatable bonds is 35. The van der Waals surface area contributed by atoms with E-state index >= 15 is 0 Å². The van der Waals surface area contributed by atoms with Crippen LogP contribution in [0.5, 0.6) is 0 Å². The van der Waals surface area contributed by atoms with E-state index in [1.807, 2.05) is 33.3 Å². The van der Waals surface area contributed by atoms with Gasteiger partial charge in [-0.2, -0.15) is 0 Å². The van der Waals surface area contributed by atoms with Crippen molar-refractivity contribution >= 4 is 77.5 Å². The summed E-state index contributed by atoms with van der Waals surface area (Å²) >= 11 is 26.0. The lowest BCUT2D eigenvalue weighted by molar-refractivity contribution is -0.870. The summed E-state index contributed by atoms with van der Waals surface area (Å²) in [6, 6.07) is 7.03. The summed E-state index contributed by atoms with van der Waals surface area (Å²) in [6.07, 6.45) is 21.1. The highest BCUT2D eigenvalue weighted by Gasteiger charge is 2.27. The van der Waals surface area contributed by atoms with E-state index in [0.29, 0.717) is 46.0 Å². The number of likely N-dealkylation sites (N-methyl/N-ethyl adjacent to an activating group) is 1. The first-order chi connectivity index (χ1) is 29.5. The Hall–Kier alpha value is -1.79. The molecule has 0 aliphatic carbocycles. The predicted octanol–water partition coefficient (Wildman–Crippen LogP) is 14.9. The molecule has 1 N–H and O–H groups in total. The van der Waals surface area contributed by atoms with E-state index in [9.17, 15) is 19.0 Å². The maximum Gasteiger partial charge on any atom is 0.472 e. The van der Waals surface area contributed by atoms with Gasteiger partial charge in [-0.25, -0.2) is 4.57 Å². The van der Waals surface area contributed by atoms with Crippen LogP contribution in [-0.2, 0) is 45.5 Å². The highest BCUT2D eigenvalue weighted by atomic mass is 35.5. The van der Waals surface area contributed by atoms with Gasteiger partial charge in [-0.3, -0.25) is 18.6 Å². The molecule has 11 nitrogen and oxygen atoms in total. The van der Waals surface area contributed by atoms with E-state index in [2.05, 4.69) is 24.1 Å². The number of esters is 2. The van der Waals surface area contributed by atoms with Crippen LogP contribution in [-0.4, -0.2) is 74.9 Å². The van der Waals surface area contributed by atoms with Crippen LogP contribution in [0.4, 0.5) is 11.4 Å². The number of halogens is 4. The Morgan fingerprint density at radius 3 is 1.48 bits per heavy atom. The molecule has 0 radical (unpaired) electrons. The topological polar surface area (TPSA) is 133 Å². The van der Waals surface area contributed by atoms with Crippen molar-refractivity contribution in [2.45, 2.75) is 161 Å². The van der Waals surface area contributed by atoms with Gasteiger partial charge in [0.05, 0.1) is 47.8 Å². The van der Waals surface area contributed by atoms with Gasteiger partial charge in [0.25, 0.3) is 0 Å². The van der Waals surface area contributed by atoms with Gasteiger partial charge in [-0.15, -0.1) is 10.2 Å². The Balaban J connectivity index is 1.85. The first-order valence-electron chi connectivity index (χ1n) is 22.7. The zero-order valence-electron chi connectivity index (χ0n) is 37.9. The van der Waals surface area contributed by atoms with Gasteiger partial charge >= 0.3 is 19.8 Å². The molecule has 0 heterocycles. The van der Waals surface area contributed by atoms with Crippen molar-refractivity contribution in [2.24, 2.45) is 10.2 Å². The van der Waals surface area contributed by atoms with Crippen molar-refractivity contribution in [2.75, 3.05) is 47.5 Å². The monoisotopic (exact) mass is 966 g/mol. The van der Waals surface area contributed by atoms with E-state index in [1.165, 1.54) is 70.6 Å². The van der Waals surface area contributed by atoms with Gasteiger partial charge in [0, 0.05) is 12.8 Å². The zero-order chi connectivity index (χ0) is 45.8. The normalized spacial score (nSPS) is 13.4. The predicted molar refractivity (Wildman–Crippen MR) is 254 cm³/mol. The molecule has 0 saturated carbocycles. The Kier molecular flexibility index (Phi) is 29.1. The summed E-state index contributed by atoms with van der Waals surface area (Å²) < 4.78 is 34.4. The summed E-state index contributed by atoms with van der Waals surface area (Å²) in [4.78, 5) is 35.9. The van der Waals surface area contributed by atoms with Crippen LogP contribution in [0.1, 0.15) is 153 Å². The number of carbonyl (C=O) groups is 2. The van der Waals surface area contributed by atoms with Gasteiger partial charge in [0.2, 0.25) is 0 Å². The number of aryl methyl sites for hydroxylation is 2. The molecule has 62 heavy (non-hydrogen) atoms. The van der Waals surface area contributed by atoms with Crippen molar-refractivity contribution in [1.82, 2.24) is 0 Å². The lowest BCUT2D eigenvalue weighted by Crippen LogP contribution is -2.37. The standard InChI is InChI=1S/C46H72Cl4N3O8P/c1-6-8-10-11-12-13-14-15-16-17-18-19-20-21-22-26-43(54)58-34-38(35-60-62(56,57)59-29-28-53(3,4)5)61-44(55)27-23-25-37-32-41(49)46(42(50)33-37)52-51-45-39(47)30-36(24-9-7-2)31-40(45)48/h30-33,38H,6-29,34-35H2,1-5H3/p+1/t38-/m1/s1.